The Hall–Kier alpha value is -1.11. The van der Waals surface area contributed by atoms with Crippen molar-refractivity contribution < 1.29 is 4.79 Å². The predicted octanol–water partition coefficient (Wildman–Crippen LogP) is 6.55. The third-order valence-electron chi connectivity index (χ3n) is 8.67. The molecule has 5 unspecified atom stereocenters. The summed E-state index contributed by atoms with van der Waals surface area (Å²) < 4.78 is 0. The van der Waals surface area contributed by atoms with E-state index < -0.39 is 0 Å². The molecule has 1 aromatic carbocycles. The van der Waals surface area contributed by atoms with Crippen LogP contribution in [0.5, 0.6) is 0 Å². The second-order valence-corrected chi connectivity index (χ2v) is 10.4. The van der Waals surface area contributed by atoms with Crippen molar-refractivity contribution in [2.75, 3.05) is 0 Å². The Labute approximate surface area is 160 Å². The summed E-state index contributed by atoms with van der Waals surface area (Å²) in [4.78, 5) is 12.7. The lowest BCUT2D eigenvalue weighted by atomic mass is 9.52. The minimum atomic E-state index is -0.0219. The van der Waals surface area contributed by atoms with Gasteiger partial charge < -0.3 is 0 Å². The predicted molar refractivity (Wildman–Crippen MR) is 108 cm³/mol. The number of carbonyl (C=O) groups excluding carboxylic acids is 1. The van der Waals surface area contributed by atoms with Crippen LogP contribution in [-0.2, 0) is 11.2 Å². The van der Waals surface area contributed by atoms with Crippen molar-refractivity contribution in [1.82, 2.24) is 0 Å². The first kappa shape index (κ1) is 18.3. The van der Waals surface area contributed by atoms with Gasteiger partial charge in [0.25, 0.3) is 0 Å². The van der Waals surface area contributed by atoms with Gasteiger partial charge in [-0.1, -0.05) is 58.4 Å². The molecule has 0 spiro atoms. The lowest BCUT2D eigenvalue weighted by molar-refractivity contribution is -0.130. The average Bonchev–Trinajstić information content (AvgIpc) is 2.94. The minimum absolute atomic E-state index is 0.0219. The maximum atomic E-state index is 12.7. The fourth-order valence-electron chi connectivity index (χ4n) is 6.54. The van der Waals surface area contributed by atoms with Gasteiger partial charge in [0.15, 0.2) is 0 Å². The molecule has 26 heavy (non-hydrogen) atoms. The molecular formula is C25H36O. The number of Topliss-reactive ketones (excluding diaryl/α,β-unsaturated/α-hetero) is 1. The number of carbonyl (C=O) groups is 1. The Balaban J connectivity index is 1.68. The maximum absolute atomic E-state index is 12.7. The molecule has 0 saturated heterocycles. The van der Waals surface area contributed by atoms with Crippen molar-refractivity contribution in [1.29, 1.82) is 0 Å². The molecule has 2 fully saturated rings. The third kappa shape index (κ3) is 2.86. The molecule has 1 heteroatoms. The SMILES string of the molecule is CCC(C)(C)CCC1Cc2ccccc2C2CCC3(C)C(=O)CCC3C12. The summed E-state index contributed by atoms with van der Waals surface area (Å²) in [6.07, 6.45) is 9.44. The van der Waals surface area contributed by atoms with Crippen LogP contribution >= 0.6 is 0 Å². The van der Waals surface area contributed by atoms with Crippen molar-refractivity contribution in [2.24, 2.45) is 28.6 Å². The van der Waals surface area contributed by atoms with E-state index in [1.807, 2.05) is 0 Å². The van der Waals surface area contributed by atoms with E-state index in [2.05, 4.69) is 52.0 Å². The molecule has 0 aromatic heterocycles. The normalized spacial score (nSPS) is 36.4. The summed E-state index contributed by atoms with van der Waals surface area (Å²) in [6.45, 7) is 9.47. The third-order valence-corrected chi connectivity index (χ3v) is 8.67. The number of rotatable bonds is 4. The van der Waals surface area contributed by atoms with Crippen molar-refractivity contribution in [3.8, 4) is 0 Å². The van der Waals surface area contributed by atoms with Crippen molar-refractivity contribution in [2.45, 2.75) is 85.0 Å². The number of benzene rings is 1. The zero-order valence-corrected chi connectivity index (χ0v) is 17.2. The Kier molecular flexibility index (Phi) is 4.56. The molecule has 0 N–H and O–H groups in total. The molecule has 0 bridgehead atoms. The second kappa shape index (κ2) is 6.50. The van der Waals surface area contributed by atoms with Gasteiger partial charge in [-0.3, -0.25) is 4.79 Å². The van der Waals surface area contributed by atoms with Crippen LogP contribution in [0.4, 0.5) is 0 Å². The summed E-state index contributed by atoms with van der Waals surface area (Å²) in [5, 5.41) is 0. The molecule has 1 nitrogen and oxygen atoms in total. The van der Waals surface area contributed by atoms with E-state index in [0.29, 0.717) is 23.0 Å². The van der Waals surface area contributed by atoms with Gasteiger partial charge in [-0.25, -0.2) is 0 Å². The summed E-state index contributed by atoms with van der Waals surface area (Å²) in [5.41, 5.74) is 3.63. The molecule has 1 aromatic rings. The topological polar surface area (TPSA) is 17.1 Å². The van der Waals surface area contributed by atoms with Crippen molar-refractivity contribution >= 4 is 5.78 Å². The Morgan fingerprint density at radius 3 is 2.73 bits per heavy atom. The Morgan fingerprint density at radius 1 is 1.19 bits per heavy atom. The standard InChI is InChI=1S/C25H36O/c1-5-24(2,3)14-12-18-16-17-8-6-7-9-19(17)20-13-15-25(4)21(23(18)20)10-11-22(25)26/h6-9,18,20-21,23H,5,10-16H2,1-4H3. The molecule has 5 atom stereocenters. The van der Waals surface area contributed by atoms with Gasteiger partial charge in [-0.05, 0) is 78.7 Å². The summed E-state index contributed by atoms with van der Waals surface area (Å²) in [5.74, 6) is 3.36. The van der Waals surface area contributed by atoms with Crippen molar-refractivity contribution in [3.63, 3.8) is 0 Å². The Bertz CT molecular complexity index is 687. The maximum Gasteiger partial charge on any atom is 0.139 e. The molecule has 142 valence electrons. The highest BCUT2D eigenvalue weighted by molar-refractivity contribution is 5.87. The van der Waals surface area contributed by atoms with Crippen LogP contribution in [0.2, 0.25) is 0 Å². The highest BCUT2D eigenvalue weighted by Gasteiger charge is 2.56. The summed E-state index contributed by atoms with van der Waals surface area (Å²) >= 11 is 0. The van der Waals surface area contributed by atoms with Gasteiger partial charge in [0, 0.05) is 11.8 Å². The highest BCUT2D eigenvalue weighted by atomic mass is 16.1. The highest BCUT2D eigenvalue weighted by Crippen LogP contribution is 2.61. The number of fused-ring (bicyclic) bond motifs is 5. The van der Waals surface area contributed by atoms with Gasteiger partial charge in [-0.2, -0.15) is 0 Å². The molecule has 3 aliphatic rings. The van der Waals surface area contributed by atoms with Gasteiger partial charge in [0.05, 0.1) is 0 Å². The quantitative estimate of drug-likeness (QED) is 0.600. The van der Waals surface area contributed by atoms with E-state index in [9.17, 15) is 4.79 Å². The fraction of sp³-hybridized carbons (Fsp3) is 0.720. The molecule has 0 amide bonds. The first-order chi connectivity index (χ1) is 12.4. The van der Waals surface area contributed by atoms with Gasteiger partial charge >= 0.3 is 0 Å². The zero-order chi connectivity index (χ0) is 18.5. The van der Waals surface area contributed by atoms with E-state index in [-0.39, 0.29) is 5.41 Å². The van der Waals surface area contributed by atoms with E-state index in [1.165, 1.54) is 32.1 Å². The minimum Gasteiger partial charge on any atom is -0.299 e. The van der Waals surface area contributed by atoms with Crippen LogP contribution in [0.3, 0.4) is 0 Å². The lowest BCUT2D eigenvalue weighted by Crippen LogP contribution is -2.46. The lowest BCUT2D eigenvalue weighted by Gasteiger charge is -2.52. The zero-order valence-electron chi connectivity index (χ0n) is 17.2. The van der Waals surface area contributed by atoms with E-state index in [0.717, 1.165) is 31.1 Å². The molecule has 4 rings (SSSR count). The van der Waals surface area contributed by atoms with Crippen LogP contribution in [0, 0.1) is 28.6 Å². The van der Waals surface area contributed by atoms with Crippen LogP contribution in [0.15, 0.2) is 24.3 Å². The fourth-order valence-corrected chi connectivity index (χ4v) is 6.54. The molecule has 3 aliphatic carbocycles. The van der Waals surface area contributed by atoms with Crippen LogP contribution < -0.4 is 0 Å². The molecular weight excluding hydrogens is 316 g/mol. The van der Waals surface area contributed by atoms with E-state index in [1.54, 1.807) is 11.1 Å². The number of ketones is 1. The number of hydrogen-bond acceptors (Lipinski definition) is 1. The van der Waals surface area contributed by atoms with E-state index in [4.69, 9.17) is 0 Å². The molecule has 2 saturated carbocycles. The molecule has 0 heterocycles. The first-order valence-corrected chi connectivity index (χ1v) is 11.0. The van der Waals surface area contributed by atoms with Gasteiger partial charge in [0.1, 0.15) is 5.78 Å². The monoisotopic (exact) mass is 352 g/mol. The van der Waals surface area contributed by atoms with Crippen LogP contribution in [0.25, 0.3) is 0 Å². The summed E-state index contributed by atoms with van der Waals surface area (Å²) in [6, 6.07) is 9.21. The van der Waals surface area contributed by atoms with Gasteiger partial charge in [0.2, 0.25) is 0 Å². The smallest absolute Gasteiger partial charge is 0.139 e. The van der Waals surface area contributed by atoms with Gasteiger partial charge in [-0.15, -0.1) is 0 Å². The molecule has 0 aliphatic heterocycles. The van der Waals surface area contributed by atoms with Crippen LogP contribution in [0.1, 0.15) is 89.7 Å². The average molecular weight is 353 g/mol. The largest absolute Gasteiger partial charge is 0.299 e. The number of hydrogen-bond donors (Lipinski definition) is 0. The first-order valence-electron chi connectivity index (χ1n) is 11.0. The van der Waals surface area contributed by atoms with Crippen LogP contribution in [-0.4, -0.2) is 5.78 Å². The molecule has 0 radical (unpaired) electrons. The second-order valence-electron chi connectivity index (χ2n) is 10.4. The van der Waals surface area contributed by atoms with Crippen molar-refractivity contribution in [3.05, 3.63) is 35.4 Å². The Morgan fingerprint density at radius 2 is 1.96 bits per heavy atom. The summed E-state index contributed by atoms with van der Waals surface area (Å²) in [7, 11) is 0. The van der Waals surface area contributed by atoms with E-state index >= 15 is 0 Å².